The molecule has 0 aliphatic heterocycles. The summed E-state index contributed by atoms with van der Waals surface area (Å²) in [4.78, 5) is 12.0. The molecular weight excluding hydrogens is 276 g/mol. The summed E-state index contributed by atoms with van der Waals surface area (Å²) in [7, 11) is -2.04. The lowest BCUT2D eigenvalue weighted by molar-refractivity contribution is -0.121. The second-order valence-corrected chi connectivity index (χ2v) is 6.75. The topological polar surface area (TPSA) is 66.5 Å². The lowest BCUT2D eigenvalue weighted by Crippen LogP contribution is -2.48. The number of nitrogens with zero attached hydrogens (tertiary/aromatic N) is 1. The van der Waals surface area contributed by atoms with Gasteiger partial charge in [-0.05, 0) is 37.5 Å². The highest BCUT2D eigenvalue weighted by Crippen LogP contribution is 2.27. The lowest BCUT2D eigenvalue weighted by Gasteiger charge is -2.31. The van der Waals surface area contributed by atoms with E-state index in [4.69, 9.17) is 0 Å². The summed E-state index contributed by atoms with van der Waals surface area (Å²) in [5, 5.41) is 2.53. The van der Waals surface area contributed by atoms with Crippen LogP contribution >= 0.6 is 0 Å². The van der Waals surface area contributed by atoms with Crippen molar-refractivity contribution in [1.29, 1.82) is 0 Å². The fourth-order valence-corrected chi connectivity index (χ4v) is 3.42. The van der Waals surface area contributed by atoms with Crippen molar-refractivity contribution in [3.8, 4) is 0 Å². The van der Waals surface area contributed by atoms with Crippen molar-refractivity contribution >= 4 is 21.6 Å². The number of carbonyl (C=O) groups is 1. The third-order valence-corrected chi connectivity index (χ3v) is 4.34. The minimum absolute atomic E-state index is 0.307. The zero-order chi connectivity index (χ0) is 15.5. The van der Waals surface area contributed by atoms with Crippen LogP contribution in [-0.4, -0.2) is 33.7 Å². The number of benzene rings is 1. The molecule has 1 N–H and O–H groups in total. The van der Waals surface area contributed by atoms with E-state index in [2.05, 4.69) is 5.32 Å². The number of hydrogen-bond donors (Lipinski definition) is 1. The molecule has 5 nitrogen and oxygen atoms in total. The van der Waals surface area contributed by atoms with Crippen LogP contribution in [-0.2, 0) is 14.8 Å². The number of likely N-dealkylation sites (N-methyl/N-ethyl adjacent to an activating group) is 1. The first-order chi connectivity index (χ1) is 9.22. The van der Waals surface area contributed by atoms with Gasteiger partial charge in [0.25, 0.3) is 0 Å². The molecule has 1 atom stereocenters. The predicted molar refractivity (Wildman–Crippen MR) is 81.4 cm³/mol. The van der Waals surface area contributed by atoms with Gasteiger partial charge < -0.3 is 5.32 Å². The van der Waals surface area contributed by atoms with E-state index in [9.17, 15) is 13.2 Å². The fraction of sp³-hybridized carbons (Fsp3) is 0.500. The minimum Gasteiger partial charge on any atom is -0.357 e. The standard InChI is InChI=1S/C14H22N2O3S/c1-6-12(14(17)15-4)16(20(5,18)19)13-9-10(2)7-8-11(13)3/h7-9,12H,6H2,1-5H3,(H,15,17)/t12-/m1/s1. The Morgan fingerprint density at radius 3 is 2.40 bits per heavy atom. The molecule has 20 heavy (non-hydrogen) atoms. The van der Waals surface area contributed by atoms with Crippen LogP contribution in [0.1, 0.15) is 24.5 Å². The molecular formula is C14H22N2O3S. The number of anilines is 1. The molecule has 0 aliphatic rings. The number of rotatable bonds is 5. The van der Waals surface area contributed by atoms with Crippen LogP contribution in [0.15, 0.2) is 18.2 Å². The molecule has 0 spiro atoms. The van der Waals surface area contributed by atoms with Crippen LogP contribution in [0.5, 0.6) is 0 Å². The van der Waals surface area contributed by atoms with Crippen molar-refractivity contribution in [2.24, 2.45) is 0 Å². The Kier molecular flexibility index (Phi) is 5.16. The maximum absolute atomic E-state index is 12.2. The van der Waals surface area contributed by atoms with Crippen molar-refractivity contribution in [3.63, 3.8) is 0 Å². The molecule has 1 aromatic rings. The van der Waals surface area contributed by atoms with Crippen LogP contribution in [0.4, 0.5) is 5.69 Å². The predicted octanol–water partition coefficient (Wildman–Crippen LogP) is 1.59. The van der Waals surface area contributed by atoms with Gasteiger partial charge in [-0.15, -0.1) is 0 Å². The first kappa shape index (κ1) is 16.5. The van der Waals surface area contributed by atoms with Gasteiger partial charge in [0.15, 0.2) is 0 Å². The molecule has 0 unspecified atom stereocenters. The molecule has 0 aromatic heterocycles. The van der Waals surface area contributed by atoms with Crippen molar-refractivity contribution in [2.45, 2.75) is 33.2 Å². The first-order valence-electron chi connectivity index (χ1n) is 6.50. The van der Waals surface area contributed by atoms with Gasteiger partial charge in [-0.2, -0.15) is 0 Å². The molecule has 0 radical (unpaired) electrons. The average Bonchev–Trinajstić information content (AvgIpc) is 2.36. The first-order valence-corrected chi connectivity index (χ1v) is 8.35. The number of nitrogens with one attached hydrogen (secondary N) is 1. The second kappa shape index (κ2) is 6.26. The largest absolute Gasteiger partial charge is 0.357 e. The van der Waals surface area contributed by atoms with Gasteiger partial charge in [-0.1, -0.05) is 19.1 Å². The van der Waals surface area contributed by atoms with Gasteiger partial charge >= 0.3 is 0 Å². The minimum atomic E-state index is -3.55. The van der Waals surface area contributed by atoms with Gasteiger partial charge in [0, 0.05) is 7.05 Å². The van der Waals surface area contributed by atoms with Crippen molar-refractivity contribution in [1.82, 2.24) is 5.32 Å². The molecule has 0 heterocycles. The summed E-state index contributed by atoms with van der Waals surface area (Å²) in [6.45, 7) is 5.52. The molecule has 0 saturated heterocycles. The molecule has 0 aliphatic carbocycles. The van der Waals surface area contributed by atoms with E-state index in [1.807, 2.05) is 26.0 Å². The SMILES string of the molecule is CC[C@H](C(=O)NC)N(c1cc(C)ccc1C)S(C)(=O)=O. The summed E-state index contributed by atoms with van der Waals surface area (Å²) >= 11 is 0. The quantitative estimate of drug-likeness (QED) is 0.898. The van der Waals surface area contributed by atoms with E-state index in [0.717, 1.165) is 17.4 Å². The number of aryl methyl sites for hydroxylation is 2. The van der Waals surface area contributed by atoms with Gasteiger partial charge in [-0.25, -0.2) is 8.42 Å². The molecule has 1 rings (SSSR count). The van der Waals surface area contributed by atoms with Crippen LogP contribution in [0.25, 0.3) is 0 Å². The Hall–Kier alpha value is -1.56. The summed E-state index contributed by atoms with van der Waals surface area (Å²) in [6, 6.07) is 4.83. The number of carbonyl (C=O) groups excluding carboxylic acids is 1. The van der Waals surface area contributed by atoms with Crippen LogP contribution in [0, 0.1) is 13.8 Å². The Bertz CT molecular complexity index is 596. The smallest absolute Gasteiger partial charge is 0.243 e. The molecule has 0 bridgehead atoms. The molecule has 1 aromatic carbocycles. The number of amides is 1. The summed E-state index contributed by atoms with van der Waals surface area (Å²) in [5.41, 5.74) is 2.33. The van der Waals surface area contributed by atoms with Gasteiger partial charge in [-0.3, -0.25) is 9.10 Å². The highest BCUT2D eigenvalue weighted by molar-refractivity contribution is 7.92. The van der Waals surface area contributed by atoms with Crippen molar-refractivity contribution in [3.05, 3.63) is 29.3 Å². The number of hydrogen-bond acceptors (Lipinski definition) is 3. The average molecular weight is 298 g/mol. The zero-order valence-corrected chi connectivity index (χ0v) is 13.4. The lowest BCUT2D eigenvalue weighted by atomic mass is 10.1. The van der Waals surface area contributed by atoms with Crippen molar-refractivity contribution < 1.29 is 13.2 Å². The Morgan fingerprint density at radius 1 is 1.35 bits per heavy atom. The van der Waals surface area contributed by atoms with Gasteiger partial charge in [0.2, 0.25) is 15.9 Å². The monoisotopic (exact) mass is 298 g/mol. The zero-order valence-electron chi connectivity index (χ0n) is 12.6. The van der Waals surface area contributed by atoms with E-state index < -0.39 is 16.1 Å². The normalized spacial score (nSPS) is 12.8. The van der Waals surface area contributed by atoms with Crippen LogP contribution < -0.4 is 9.62 Å². The fourth-order valence-electron chi connectivity index (χ4n) is 2.16. The summed E-state index contributed by atoms with van der Waals surface area (Å²) in [6.07, 6.45) is 1.53. The van der Waals surface area contributed by atoms with E-state index in [1.165, 1.54) is 11.4 Å². The Morgan fingerprint density at radius 2 is 1.95 bits per heavy atom. The second-order valence-electron chi connectivity index (χ2n) is 4.89. The van der Waals surface area contributed by atoms with E-state index in [0.29, 0.717) is 12.1 Å². The maximum Gasteiger partial charge on any atom is 0.243 e. The summed E-state index contributed by atoms with van der Waals surface area (Å²) in [5.74, 6) is -0.307. The van der Waals surface area contributed by atoms with Gasteiger partial charge in [0.1, 0.15) is 6.04 Å². The molecule has 112 valence electrons. The molecule has 6 heteroatoms. The maximum atomic E-state index is 12.2. The molecule has 1 amide bonds. The van der Waals surface area contributed by atoms with Gasteiger partial charge in [0.05, 0.1) is 11.9 Å². The molecule has 0 fully saturated rings. The van der Waals surface area contributed by atoms with E-state index in [-0.39, 0.29) is 5.91 Å². The third-order valence-electron chi connectivity index (χ3n) is 3.18. The third kappa shape index (κ3) is 3.50. The Labute approximate surface area is 121 Å². The highest BCUT2D eigenvalue weighted by atomic mass is 32.2. The Balaban J connectivity index is 3.47. The number of sulfonamides is 1. The highest BCUT2D eigenvalue weighted by Gasteiger charge is 2.31. The molecule has 0 saturated carbocycles. The van der Waals surface area contributed by atoms with Crippen LogP contribution in [0.3, 0.4) is 0 Å². The van der Waals surface area contributed by atoms with Crippen molar-refractivity contribution in [2.75, 3.05) is 17.6 Å². The van der Waals surface area contributed by atoms with Crippen LogP contribution in [0.2, 0.25) is 0 Å². The van der Waals surface area contributed by atoms with E-state index >= 15 is 0 Å². The van der Waals surface area contributed by atoms with E-state index in [1.54, 1.807) is 13.0 Å². The summed E-state index contributed by atoms with van der Waals surface area (Å²) < 4.78 is 25.5.